The van der Waals surface area contributed by atoms with Crippen molar-refractivity contribution >= 4 is 46.0 Å². The summed E-state index contributed by atoms with van der Waals surface area (Å²) in [6.07, 6.45) is 1.88. The summed E-state index contributed by atoms with van der Waals surface area (Å²) >= 11 is 3.15. The molecule has 3 heterocycles. The van der Waals surface area contributed by atoms with Gasteiger partial charge in [-0.2, -0.15) is 11.3 Å². The maximum absolute atomic E-state index is 12.5. The standard InChI is InChI=1S/C15H12N2O2S2/c1-10-7-14(17-19-10)16-15(18)13(11-4-6-20-9-11)8-12-3-2-5-21-12/h2-9H,1H3,(H,16,17,18)/b13-8+. The number of nitrogens with zero attached hydrogens (tertiary/aromatic N) is 1. The molecule has 0 atom stereocenters. The molecule has 0 bridgehead atoms. The zero-order chi connectivity index (χ0) is 14.7. The van der Waals surface area contributed by atoms with Crippen LogP contribution in [0.2, 0.25) is 0 Å². The molecule has 4 nitrogen and oxygen atoms in total. The van der Waals surface area contributed by atoms with Crippen LogP contribution in [0.5, 0.6) is 0 Å². The summed E-state index contributed by atoms with van der Waals surface area (Å²) in [6, 6.07) is 7.55. The number of anilines is 1. The lowest BCUT2D eigenvalue weighted by Gasteiger charge is -2.05. The lowest BCUT2D eigenvalue weighted by Crippen LogP contribution is -2.13. The molecule has 0 saturated heterocycles. The average molecular weight is 316 g/mol. The topological polar surface area (TPSA) is 55.1 Å². The van der Waals surface area contributed by atoms with Gasteiger partial charge in [0.1, 0.15) is 5.76 Å². The van der Waals surface area contributed by atoms with Crippen molar-refractivity contribution < 1.29 is 9.32 Å². The van der Waals surface area contributed by atoms with Crippen LogP contribution in [0.15, 0.2) is 44.9 Å². The van der Waals surface area contributed by atoms with E-state index >= 15 is 0 Å². The number of hydrogen-bond donors (Lipinski definition) is 1. The monoisotopic (exact) mass is 316 g/mol. The highest BCUT2D eigenvalue weighted by Gasteiger charge is 2.15. The second-order valence-corrected chi connectivity index (χ2v) is 6.12. The van der Waals surface area contributed by atoms with Crippen LogP contribution in [-0.4, -0.2) is 11.1 Å². The number of thiophene rings is 2. The van der Waals surface area contributed by atoms with Crippen molar-refractivity contribution in [3.8, 4) is 0 Å². The maximum Gasteiger partial charge on any atom is 0.257 e. The van der Waals surface area contributed by atoms with Crippen molar-refractivity contribution in [3.63, 3.8) is 0 Å². The Bertz CT molecular complexity index is 756. The number of carbonyl (C=O) groups is 1. The van der Waals surface area contributed by atoms with E-state index in [1.165, 1.54) is 0 Å². The van der Waals surface area contributed by atoms with E-state index in [2.05, 4.69) is 10.5 Å². The Labute approximate surface area is 129 Å². The number of amides is 1. The molecule has 0 spiro atoms. The van der Waals surface area contributed by atoms with Gasteiger partial charge in [0.25, 0.3) is 5.91 Å². The van der Waals surface area contributed by atoms with E-state index in [1.54, 1.807) is 35.7 Å². The fourth-order valence-electron chi connectivity index (χ4n) is 1.82. The molecule has 0 radical (unpaired) electrons. The number of nitrogens with one attached hydrogen (secondary N) is 1. The summed E-state index contributed by atoms with van der Waals surface area (Å²) in [7, 11) is 0. The van der Waals surface area contributed by atoms with Gasteiger partial charge in [-0.3, -0.25) is 4.79 Å². The summed E-state index contributed by atoms with van der Waals surface area (Å²) < 4.78 is 4.96. The van der Waals surface area contributed by atoms with E-state index in [1.807, 2.05) is 40.4 Å². The predicted octanol–water partition coefficient (Wildman–Crippen LogP) is 4.29. The van der Waals surface area contributed by atoms with Crippen molar-refractivity contribution in [2.24, 2.45) is 0 Å². The smallest absolute Gasteiger partial charge is 0.257 e. The van der Waals surface area contributed by atoms with Gasteiger partial charge in [0.15, 0.2) is 5.82 Å². The molecule has 6 heteroatoms. The maximum atomic E-state index is 12.5. The zero-order valence-electron chi connectivity index (χ0n) is 11.2. The third-order valence-electron chi connectivity index (χ3n) is 2.78. The third-order valence-corrected chi connectivity index (χ3v) is 4.28. The van der Waals surface area contributed by atoms with Gasteiger partial charge < -0.3 is 9.84 Å². The van der Waals surface area contributed by atoms with Crippen molar-refractivity contribution in [2.75, 3.05) is 5.32 Å². The molecule has 1 N–H and O–H groups in total. The molecule has 0 aliphatic heterocycles. The Balaban J connectivity index is 1.90. The second kappa shape index (κ2) is 6.07. The highest BCUT2D eigenvalue weighted by atomic mass is 32.1. The van der Waals surface area contributed by atoms with Crippen LogP contribution in [0.4, 0.5) is 5.82 Å². The van der Waals surface area contributed by atoms with Crippen LogP contribution in [0.1, 0.15) is 16.2 Å². The van der Waals surface area contributed by atoms with Crippen molar-refractivity contribution in [1.29, 1.82) is 0 Å². The molecule has 0 unspecified atom stereocenters. The van der Waals surface area contributed by atoms with Gasteiger partial charge in [-0.15, -0.1) is 11.3 Å². The normalized spacial score (nSPS) is 11.6. The highest BCUT2D eigenvalue weighted by Crippen LogP contribution is 2.24. The minimum atomic E-state index is -0.199. The Morgan fingerprint density at radius 1 is 1.38 bits per heavy atom. The molecule has 0 saturated carbocycles. The lowest BCUT2D eigenvalue weighted by atomic mass is 10.1. The molecule has 106 valence electrons. The Morgan fingerprint density at radius 2 is 2.29 bits per heavy atom. The van der Waals surface area contributed by atoms with Gasteiger partial charge in [0.05, 0.1) is 0 Å². The van der Waals surface area contributed by atoms with Crippen molar-refractivity contribution in [1.82, 2.24) is 5.16 Å². The SMILES string of the molecule is Cc1cc(NC(=O)/C(=C/c2cccs2)c2ccsc2)no1. The minimum Gasteiger partial charge on any atom is -0.360 e. The highest BCUT2D eigenvalue weighted by molar-refractivity contribution is 7.11. The van der Waals surface area contributed by atoms with Crippen molar-refractivity contribution in [2.45, 2.75) is 6.92 Å². The number of carbonyl (C=O) groups excluding carboxylic acids is 1. The van der Waals surface area contributed by atoms with Gasteiger partial charge in [-0.05, 0) is 46.8 Å². The molecule has 1 amide bonds. The van der Waals surface area contributed by atoms with Crippen LogP contribution in [0.25, 0.3) is 11.6 Å². The van der Waals surface area contributed by atoms with E-state index in [0.29, 0.717) is 17.2 Å². The summed E-state index contributed by atoms with van der Waals surface area (Å²) in [5.74, 6) is 0.879. The van der Waals surface area contributed by atoms with E-state index in [-0.39, 0.29) is 5.91 Å². The van der Waals surface area contributed by atoms with E-state index in [4.69, 9.17) is 4.52 Å². The lowest BCUT2D eigenvalue weighted by molar-refractivity contribution is -0.111. The summed E-state index contributed by atoms with van der Waals surface area (Å²) in [6.45, 7) is 1.78. The Kier molecular flexibility index (Phi) is 3.98. The van der Waals surface area contributed by atoms with Gasteiger partial charge in [-0.25, -0.2) is 0 Å². The summed E-state index contributed by atoms with van der Waals surface area (Å²) in [4.78, 5) is 13.5. The zero-order valence-corrected chi connectivity index (χ0v) is 12.8. The third kappa shape index (κ3) is 3.29. The summed E-state index contributed by atoms with van der Waals surface area (Å²) in [5, 5.41) is 12.4. The number of aryl methyl sites for hydroxylation is 1. The van der Waals surface area contributed by atoms with Crippen LogP contribution in [0.3, 0.4) is 0 Å². The van der Waals surface area contributed by atoms with Gasteiger partial charge in [-0.1, -0.05) is 11.2 Å². The number of aromatic nitrogens is 1. The molecule has 3 rings (SSSR count). The first-order valence-electron chi connectivity index (χ1n) is 6.25. The van der Waals surface area contributed by atoms with Gasteiger partial charge >= 0.3 is 0 Å². The molecular formula is C15H12N2O2S2. The van der Waals surface area contributed by atoms with E-state index in [0.717, 1.165) is 10.4 Å². The van der Waals surface area contributed by atoms with E-state index < -0.39 is 0 Å². The minimum absolute atomic E-state index is 0.199. The fourth-order valence-corrected chi connectivity index (χ4v) is 3.14. The average Bonchev–Trinajstić information content (AvgIpc) is 3.18. The first kappa shape index (κ1) is 13.8. The molecular weight excluding hydrogens is 304 g/mol. The number of hydrogen-bond acceptors (Lipinski definition) is 5. The van der Waals surface area contributed by atoms with Crippen LogP contribution in [0, 0.1) is 6.92 Å². The van der Waals surface area contributed by atoms with Crippen molar-refractivity contribution in [3.05, 3.63) is 56.6 Å². The molecule has 0 aromatic carbocycles. The first-order valence-corrected chi connectivity index (χ1v) is 8.07. The van der Waals surface area contributed by atoms with Gasteiger partial charge in [0, 0.05) is 16.5 Å². The predicted molar refractivity (Wildman–Crippen MR) is 86.4 cm³/mol. The van der Waals surface area contributed by atoms with E-state index in [9.17, 15) is 4.79 Å². The largest absolute Gasteiger partial charge is 0.360 e. The van der Waals surface area contributed by atoms with Gasteiger partial charge in [0.2, 0.25) is 0 Å². The second-order valence-electron chi connectivity index (χ2n) is 4.36. The van der Waals surface area contributed by atoms with Crippen LogP contribution >= 0.6 is 22.7 Å². The van der Waals surface area contributed by atoms with Crippen LogP contribution in [-0.2, 0) is 4.79 Å². The first-order chi connectivity index (χ1) is 10.2. The summed E-state index contributed by atoms with van der Waals surface area (Å²) in [5.41, 5.74) is 1.51. The Hall–Kier alpha value is -2.18. The quantitative estimate of drug-likeness (QED) is 0.731. The Morgan fingerprint density at radius 3 is 2.90 bits per heavy atom. The molecule has 0 fully saturated rings. The molecule has 3 aromatic rings. The molecule has 21 heavy (non-hydrogen) atoms. The fraction of sp³-hybridized carbons (Fsp3) is 0.0667. The number of rotatable bonds is 4. The molecule has 0 aliphatic rings. The molecule has 3 aromatic heterocycles. The van der Waals surface area contributed by atoms with Crippen LogP contribution < -0.4 is 5.32 Å². The molecule has 0 aliphatic carbocycles.